The second-order valence-electron chi connectivity index (χ2n) is 4.18. The van der Waals surface area contributed by atoms with E-state index in [1.54, 1.807) is 4.90 Å². The Morgan fingerprint density at radius 1 is 1.12 bits per heavy atom. The third kappa shape index (κ3) is 2.15. The largest absolute Gasteiger partial charge is 0.343 e. The number of carbonyl (C=O) groups is 3. The highest BCUT2D eigenvalue weighted by Gasteiger charge is 2.35. The minimum atomic E-state index is -0.852. The standard InChI is InChI=1S/C10H15N3O3/c14-8(13-4-2-1-3-5-13)6-7-9(15)11-12-10(7)16/h7H,1-6H2,(H,11,15)(H,12,16). The number of hydrogen-bond acceptors (Lipinski definition) is 3. The lowest BCUT2D eigenvalue weighted by molar-refractivity contribution is -0.139. The molecule has 0 atom stereocenters. The molecule has 6 nitrogen and oxygen atoms in total. The van der Waals surface area contributed by atoms with Gasteiger partial charge < -0.3 is 4.90 Å². The molecule has 2 rings (SSSR count). The molecule has 0 aliphatic carbocycles. The Balaban J connectivity index is 1.90. The van der Waals surface area contributed by atoms with Crippen molar-refractivity contribution in [3.05, 3.63) is 0 Å². The highest BCUT2D eigenvalue weighted by molar-refractivity contribution is 6.07. The molecule has 6 heteroatoms. The molecule has 2 aliphatic rings. The Hall–Kier alpha value is -1.59. The molecular weight excluding hydrogens is 210 g/mol. The summed E-state index contributed by atoms with van der Waals surface area (Å²) >= 11 is 0. The van der Waals surface area contributed by atoms with Gasteiger partial charge in [-0.3, -0.25) is 25.2 Å². The quantitative estimate of drug-likeness (QED) is 0.602. The number of hydrazine groups is 1. The topological polar surface area (TPSA) is 78.5 Å². The second-order valence-corrected chi connectivity index (χ2v) is 4.18. The molecule has 0 aromatic rings. The lowest BCUT2D eigenvalue weighted by Gasteiger charge is -2.27. The molecule has 2 saturated heterocycles. The van der Waals surface area contributed by atoms with E-state index in [1.807, 2.05) is 0 Å². The Labute approximate surface area is 93.3 Å². The minimum absolute atomic E-state index is 0.0162. The fourth-order valence-corrected chi connectivity index (χ4v) is 2.05. The molecule has 16 heavy (non-hydrogen) atoms. The van der Waals surface area contributed by atoms with E-state index in [2.05, 4.69) is 10.9 Å². The SMILES string of the molecule is O=C1NNC(=O)C1CC(=O)N1CCCCC1. The Morgan fingerprint density at radius 2 is 1.69 bits per heavy atom. The van der Waals surface area contributed by atoms with Crippen LogP contribution in [0.25, 0.3) is 0 Å². The van der Waals surface area contributed by atoms with Crippen molar-refractivity contribution in [3.63, 3.8) is 0 Å². The number of rotatable bonds is 2. The van der Waals surface area contributed by atoms with Crippen molar-refractivity contribution in [3.8, 4) is 0 Å². The summed E-state index contributed by atoms with van der Waals surface area (Å²) in [4.78, 5) is 36.0. The van der Waals surface area contributed by atoms with Gasteiger partial charge in [-0.05, 0) is 19.3 Å². The van der Waals surface area contributed by atoms with E-state index in [4.69, 9.17) is 0 Å². The summed E-state index contributed by atoms with van der Waals surface area (Å²) in [5, 5.41) is 0. The smallest absolute Gasteiger partial charge is 0.251 e. The minimum Gasteiger partial charge on any atom is -0.343 e. The van der Waals surface area contributed by atoms with Crippen molar-refractivity contribution in [1.82, 2.24) is 15.8 Å². The zero-order valence-electron chi connectivity index (χ0n) is 8.99. The van der Waals surface area contributed by atoms with Crippen LogP contribution in [-0.4, -0.2) is 35.7 Å². The molecule has 0 saturated carbocycles. The van der Waals surface area contributed by atoms with Gasteiger partial charge in [0.05, 0.1) is 0 Å². The van der Waals surface area contributed by atoms with E-state index in [1.165, 1.54) is 0 Å². The van der Waals surface area contributed by atoms with Gasteiger partial charge in [0.25, 0.3) is 11.8 Å². The van der Waals surface area contributed by atoms with E-state index >= 15 is 0 Å². The van der Waals surface area contributed by atoms with Crippen molar-refractivity contribution in [1.29, 1.82) is 0 Å². The number of carbonyl (C=O) groups excluding carboxylic acids is 3. The van der Waals surface area contributed by atoms with Crippen molar-refractivity contribution < 1.29 is 14.4 Å². The predicted octanol–water partition coefficient (Wildman–Crippen LogP) is -0.834. The van der Waals surface area contributed by atoms with E-state index in [0.717, 1.165) is 32.4 Å². The average Bonchev–Trinajstić information content (AvgIpc) is 2.62. The van der Waals surface area contributed by atoms with Crippen LogP contribution in [0, 0.1) is 5.92 Å². The Bertz CT molecular complexity index is 307. The van der Waals surface area contributed by atoms with Crippen LogP contribution in [0.4, 0.5) is 0 Å². The molecule has 3 amide bonds. The van der Waals surface area contributed by atoms with Gasteiger partial charge in [-0.2, -0.15) is 0 Å². The lowest BCUT2D eigenvalue weighted by Crippen LogP contribution is -2.38. The van der Waals surface area contributed by atoms with Gasteiger partial charge in [-0.15, -0.1) is 0 Å². The van der Waals surface area contributed by atoms with Crippen LogP contribution in [-0.2, 0) is 14.4 Å². The second kappa shape index (κ2) is 4.51. The molecule has 0 unspecified atom stereocenters. The fourth-order valence-electron chi connectivity index (χ4n) is 2.05. The molecule has 0 bridgehead atoms. The van der Waals surface area contributed by atoms with Crippen LogP contribution >= 0.6 is 0 Å². The van der Waals surface area contributed by atoms with E-state index in [-0.39, 0.29) is 12.3 Å². The van der Waals surface area contributed by atoms with Gasteiger partial charge in [-0.1, -0.05) is 0 Å². The first kappa shape index (κ1) is 10.9. The number of nitrogens with zero attached hydrogens (tertiary/aromatic N) is 1. The molecule has 0 spiro atoms. The van der Waals surface area contributed by atoms with Crippen molar-refractivity contribution in [2.45, 2.75) is 25.7 Å². The molecule has 2 fully saturated rings. The number of hydrogen-bond donors (Lipinski definition) is 2. The normalized spacial score (nSPS) is 21.9. The van der Waals surface area contributed by atoms with Crippen LogP contribution in [0.3, 0.4) is 0 Å². The first-order valence-corrected chi connectivity index (χ1v) is 5.56. The molecule has 0 aromatic carbocycles. The monoisotopic (exact) mass is 225 g/mol. The van der Waals surface area contributed by atoms with Gasteiger partial charge in [-0.25, -0.2) is 0 Å². The van der Waals surface area contributed by atoms with E-state index < -0.39 is 17.7 Å². The van der Waals surface area contributed by atoms with E-state index in [0.29, 0.717) is 0 Å². The zero-order valence-corrected chi connectivity index (χ0v) is 8.99. The van der Waals surface area contributed by atoms with Crippen LogP contribution in [0.15, 0.2) is 0 Å². The fraction of sp³-hybridized carbons (Fsp3) is 0.700. The van der Waals surface area contributed by atoms with Gasteiger partial charge in [0.15, 0.2) is 0 Å². The summed E-state index contributed by atoms with van der Waals surface area (Å²) in [7, 11) is 0. The Morgan fingerprint density at radius 3 is 2.25 bits per heavy atom. The summed E-state index contributed by atoms with van der Waals surface area (Å²) < 4.78 is 0. The zero-order chi connectivity index (χ0) is 11.5. The van der Waals surface area contributed by atoms with Gasteiger partial charge in [0.2, 0.25) is 5.91 Å². The maximum Gasteiger partial charge on any atom is 0.251 e. The third-order valence-corrected chi connectivity index (χ3v) is 3.03. The highest BCUT2D eigenvalue weighted by Crippen LogP contribution is 2.14. The lowest BCUT2D eigenvalue weighted by atomic mass is 10.0. The maximum absolute atomic E-state index is 11.8. The molecule has 0 aromatic heterocycles. The predicted molar refractivity (Wildman–Crippen MR) is 54.8 cm³/mol. The van der Waals surface area contributed by atoms with Gasteiger partial charge in [0, 0.05) is 19.5 Å². The first-order valence-electron chi connectivity index (χ1n) is 5.56. The van der Waals surface area contributed by atoms with Crippen LogP contribution in [0.2, 0.25) is 0 Å². The number of amides is 3. The summed E-state index contributed by atoms with van der Waals surface area (Å²) in [6.45, 7) is 1.49. The summed E-state index contributed by atoms with van der Waals surface area (Å²) in [5.74, 6) is -1.77. The van der Waals surface area contributed by atoms with Crippen molar-refractivity contribution in [2.24, 2.45) is 5.92 Å². The maximum atomic E-state index is 11.8. The van der Waals surface area contributed by atoms with Gasteiger partial charge >= 0.3 is 0 Å². The summed E-state index contributed by atoms with van der Waals surface area (Å²) in [6, 6.07) is 0. The van der Waals surface area contributed by atoms with Crippen molar-refractivity contribution >= 4 is 17.7 Å². The molecule has 88 valence electrons. The van der Waals surface area contributed by atoms with E-state index in [9.17, 15) is 14.4 Å². The number of likely N-dealkylation sites (tertiary alicyclic amines) is 1. The molecule has 0 radical (unpaired) electrons. The molecular formula is C10H15N3O3. The van der Waals surface area contributed by atoms with Crippen molar-refractivity contribution in [2.75, 3.05) is 13.1 Å². The highest BCUT2D eigenvalue weighted by atomic mass is 16.2. The molecule has 2 N–H and O–H groups in total. The van der Waals surface area contributed by atoms with Crippen LogP contribution in [0.1, 0.15) is 25.7 Å². The number of piperidine rings is 1. The summed E-state index contributed by atoms with van der Waals surface area (Å²) in [5.41, 5.74) is 4.44. The molecule has 2 heterocycles. The van der Waals surface area contributed by atoms with Crippen LogP contribution < -0.4 is 10.9 Å². The Kier molecular flexibility index (Phi) is 3.07. The summed E-state index contributed by atoms with van der Waals surface area (Å²) in [6.07, 6.45) is 3.15. The first-order chi connectivity index (χ1) is 7.68. The van der Waals surface area contributed by atoms with Gasteiger partial charge in [0.1, 0.15) is 5.92 Å². The van der Waals surface area contributed by atoms with Crippen LogP contribution in [0.5, 0.6) is 0 Å². The number of nitrogens with one attached hydrogen (secondary N) is 2. The molecule has 2 aliphatic heterocycles. The third-order valence-electron chi connectivity index (χ3n) is 3.03. The average molecular weight is 225 g/mol.